The zero-order chi connectivity index (χ0) is 12.1. The van der Waals surface area contributed by atoms with E-state index in [0.29, 0.717) is 0 Å². The molecule has 0 radical (unpaired) electrons. The van der Waals surface area contributed by atoms with E-state index in [1.54, 1.807) is 0 Å². The van der Waals surface area contributed by atoms with E-state index in [-0.39, 0.29) is 0 Å². The second kappa shape index (κ2) is 5.77. The van der Waals surface area contributed by atoms with Crippen molar-refractivity contribution < 1.29 is 21.8 Å². The fourth-order valence-electron chi connectivity index (χ4n) is 1.20. The number of nitrogens with zero attached hydrogens (tertiary/aromatic N) is 1. The van der Waals surface area contributed by atoms with Gasteiger partial charge in [-0.3, -0.25) is 0 Å². The molecule has 0 saturated heterocycles. The van der Waals surface area contributed by atoms with Gasteiger partial charge in [-0.05, 0) is 6.42 Å². The zero-order valence-corrected chi connectivity index (χ0v) is 9.03. The van der Waals surface area contributed by atoms with Crippen LogP contribution in [-0.2, 0) is 6.54 Å². The van der Waals surface area contributed by atoms with E-state index < -0.39 is 7.25 Å². The van der Waals surface area contributed by atoms with Crippen LogP contribution in [0.2, 0.25) is 0 Å². The van der Waals surface area contributed by atoms with Gasteiger partial charge in [0.15, 0.2) is 0 Å². The van der Waals surface area contributed by atoms with Gasteiger partial charge in [0.05, 0.1) is 6.54 Å². The van der Waals surface area contributed by atoms with Crippen molar-refractivity contribution in [2.45, 2.75) is 33.7 Å². The molecule has 1 heterocycles. The maximum atomic E-state index is 9.75. The third-order valence-electron chi connectivity index (χ3n) is 1.77. The fourth-order valence-corrected chi connectivity index (χ4v) is 1.20. The Labute approximate surface area is 86.4 Å². The first-order valence-corrected chi connectivity index (χ1v) is 4.67. The maximum absolute atomic E-state index is 9.75. The Kier molecular flexibility index (Phi) is 5.39. The van der Waals surface area contributed by atoms with Crippen molar-refractivity contribution >= 4 is 7.25 Å². The highest BCUT2D eigenvalue weighted by Gasteiger charge is 2.20. The Morgan fingerprint density at radius 2 is 1.73 bits per heavy atom. The second-order valence-corrected chi connectivity index (χ2v) is 3.16. The lowest BCUT2D eigenvalue weighted by atomic mass is 10.3. The quantitative estimate of drug-likeness (QED) is 0.454. The van der Waals surface area contributed by atoms with Gasteiger partial charge >= 0.3 is 7.25 Å². The number of aryl methyl sites for hydroxylation is 2. The number of hydrogen-bond donors (Lipinski definition) is 1. The SMILES string of the molecule is CCC[n+]1c(C)c[nH]c1C.F[B-](F)(F)F. The summed E-state index contributed by atoms with van der Waals surface area (Å²) in [6.45, 7) is 7.54. The molecule has 7 heteroatoms. The molecule has 0 spiro atoms. The summed E-state index contributed by atoms with van der Waals surface area (Å²) < 4.78 is 41.3. The number of aromatic nitrogens is 2. The smallest absolute Gasteiger partial charge is 0.418 e. The Balaban J connectivity index is 0.000000336. The fraction of sp³-hybridized carbons (Fsp3) is 0.625. The molecule has 0 amide bonds. The van der Waals surface area contributed by atoms with Crippen molar-refractivity contribution in [3.05, 3.63) is 17.7 Å². The van der Waals surface area contributed by atoms with Gasteiger partial charge in [-0.25, -0.2) is 9.55 Å². The van der Waals surface area contributed by atoms with Crippen LogP contribution in [0.25, 0.3) is 0 Å². The molecular weight excluding hydrogens is 211 g/mol. The van der Waals surface area contributed by atoms with Crippen molar-refractivity contribution in [1.82, 2.24) is 4.98 Å². The van der Waals surface area contributed by atoms with Crippen molar-refractivity contribution in [2.75, 3.05) is 0 Å². The van der Waals surface area contributed by atoms with Crippen LogP contribution in [0.4, 0.5) is 17.3 Å². The summed E-state index contributed by atoms with van der Waals surface area (Å²) in [4.78, 5) is 3.18. The molecule has 1 aromatic heterocycles. The first-order valence-electron chi connectivity index (χ1n) is 4.67. The highest BCUT2D eigenvalue weighted by atomic mass is 19.5. The van der Waals surface area contributed by atoms with Crippen LogP contribution in [0.5, 0.6) is 0 Å². The van der Waals surface area contributed by atoms with E-state index in [1.807, 2.05) is 6.20 Å². The Bertz CT molecular complexity index is 270. The summed E-state index contributed by atoms with van der Waals surface area (Å²) in [5.74, 6) is 1.25. The molecule has 0 aliphatic heterocycles. The molecular formula is C8H15BF4N2. The van der Waals surface area contributed by atoms with E-state index in [2.05, 4.69) is 30.3 Å². The summed E-state index contributed by atoms with van der Waals surface area (Å²) in [6, 6.07) is 0. The molecule has 1 rings (SSSR count). The summed E-state index contributed by atoms with van der Waals surface area (Å²) >= 11 is 0. The van der Waals surface area contributed by atoms with Gasteiger partial charge in [0.1, 0.15) is 11.9 Å². The van der Waals surface area contributed by atoms with Gasteiger partial charge in [-0.15, -0.1) is 0 Å². The number of imidazole rings is 1. The van der Waals surface area contributed by atoms with Gasteiger partial charge < -0.3 is 17.3 Å². The predicted molar refractivity (Wildman–Crippen MR) is 50.9 cm³/mol. The predicted octanol–water partition coefficient (Wildman–Crippen LogP) is 2.63. The molecule has 15 heavy (non-hydrogen) atoms. The highest BCUT2D eigenvalue weighted by Crippen LogP contribution is 2.06. The first-order chi connectivity index (χ1) is 6.75. The molecule has 0 aliphatic carbocycles. The molecule has 2 nitrogen and oxygen atoms in total. The van der Waals surface area contributed by atoms with Gasteiger partial charge in [-0.1, -0.05) is 6.92 Å². The minimum atomic E-state index is -6.00. The zero-order valence-electron chi connectivity index (χ0n) is 9.03. The number of hydrogen-bond acceptors (Lipinski definition) is 0. The first kappa shape index (κ1) is 14.0. The lowest BCUT2D eigenvalue weighted by molar-refractivity contribution is -0.707. The van der Waals surface area contributed by atoms with Crippen LogP contribution in [-0.4, -0.2) is 12.2 Å². The van der Waals surface area contributed by atoms with Crippen molar-refractivity contribution in [2.24, 2.45) is 0 Å². The van der Waals surface area contributed by atoms with Gasteiger partial charge in [-0.2, -0.15) is 0 Å². The second-order valence-electron chi connectivity index (χ2n) is 3.16. The van der Waals surface area contributed by atoms with Crippen LogP contribution in [0, 0.1) is 13.8 Å². The number of H-pyrrole nitrogens is 1. The van der Waals surface area contributed by atoms with Gasteiger partial charge in [0, 0.05) is 13.8 Å². The molecule has 0 bridgehead atoms. The van der Waals surface area contributed by atoms with Gasteiger partial charge in [0.2, 0.25) is 0 Å². The molecule has 0 atom stereocenters. The molecule has 1 aromatic rings. The molecule has 0 fully saturated rings. The van der Waals surface area contributed by atoms with E-state index in [4.69, 9.17) is 0 Å². The highest BCUT2D eigenvalue weighted by molar-refractivity contribution is 6.50. The van der Waals surface area contributed by atoms with Crippen LogP contribution < -0.4 is 4.57 Å². The summed E-state index contributed by atoms with van der Waals surface area (Å²) in [6.07, 6.45) is 3.25. The van der Waals surface area contributed by atoms with Crippen LogP contribution >= 0.6 is 0 Å². The van der Waals surface area contributed by atoms with Crippen molar-refractivity contribution in [3.63, 3.8) is 0 Å². The number of aromatic amines is 1. The third kappa shape index (κ3) is 6.99. The van der Waals surface area contributed by atoms with E-state index in [0.717, 1.165) is 6.54 Å². The maximum Gasteiger partial charge on any atom is 0.673 e. The Hall–Kier alpha value is -1.01. The minimum Gasteiger partial charge on any atom is -0.418 e. The van der Waals surface area contributed by atoms with E-state index in [9.17, 15) is 17.3 Å². The topological polar surface area (TPSA) is 19.7 Å². The summed E-state index contributed by atoms with van der Waals surface area (Å²) in [5.41, 5.74) is 1.32. The van der Waals surface area contributed by atoms with Gasteiger partial charge in [0.25, 0.3) is 5.82 Å². The van der Waals surface area contributed by atoms with Crippen molar-refractivity contribution in [1.29, 1.82) is 0 Å². The molecule has 0 saturated carbocycles. The lowest BCUT2D eigenvalue weighted by Gasteiger charge is -1.95. The third-order valence-corrected chi connectivity index (χ3v) is 1.77. The van der Waals surface area contributed by atoms with E-state index >= 15 is 0 Å². The Morgan fingerprint density at radius 3 is 2.00 bits per heavy atom. The van der Waals surface area contributed by atoms with Crippen LogP contribution in [0.15, 0.2) is 6.20 Å². The molecule has 0 aliphatic rings. The van der Waals surface area contributed by atoms with Crippen LogP contribution in [0.1, 0.15) is 24.9 Å². The van der Waals surface area contributed by atoms with Crippen LogP contribution in [0.3, 0.4) is 0 Å². The van der Waals surface area contributed by atoms with E-state index in [1.165, 1.54) is 17.9 Å². The molecule has 88 valence electrons. The summed E-state index contributed by atoms with van der Waals surface area (Å²) in [7, 11) is -6.00. The average Bonchev–Trinajstić information content (AvgIpc) is 2.33. The lowest BCUT2D eigenvalue weighted by Crippen LogP contribution is -2.37. The minimum absolute atomic E-state index is 1.13. The summed E-state index contributed by atoms with van der Waals surface area (Å²) in [5, 5.41) is 0. The van der Waals surface area contributed by atoms with Crippen molar-refractivity contribution in [3.8, 4) is 0 Å². The number of halogens is 4. The largest absolute Gasteiger partial charge is 0.673 e. The average molecular weight is 226 g/mol. The monoisotopic (exact) mass is 226 g/mol. The molecule has 1 N–H and O–H groups in total. The number of nitrogens with one attached hydrogen (secondary N) is 1. The Morgan fingerprint density at radius 1 is 1.27 bits per heavy atom. The standard InChI is InChI=1S/C8H14N2.BF4/c1-4-5-10-7(2)6-9-8(10)3;2-1(3,4)5/h6H,4-5H2,1-3H3;/q;-1/p+1. The normalized spacial score (nSPS) is 10.9. The molecule has 0 unspecified atom stereocenters. The molecule has 0 aromatic carbocycles. The number of rotatable bonds is 2.